The zero-order valence-corrected chi connectivity index (χ0v) is 14.9. The van der Waals surface area contributed by atoms with Crippen LogP contribution in [0.1, 0.15) is 25.8 Å². The molecule has 2 aromatic rings. The molecule has 0 saturated heterocycles. The fourth-order valence-electron chi connectivity index (χ4n) is 2.25. The topological polar surface area (TPSA) is 30.8 Å². The van der Waals surface area contributed by atoms with Crippen LogP contribution < -0.4 is 4.74 Å². The summed E-state index contributed by atoms with van der Waals surface area (Å²) in [6.07, 6.45) is 1.04. The lowest BCUT2D eigenvalue weighted by Crippen LogP contribution is -2.08. The maximum Gasteiger partial charge on any atom is 0.129 e. The third-order valence-electron chi connectivity index (χ3n) is 3.41. The van der Waals surface area contributed by atoms with Crippen LogP contribution in [0.15, 0.2) is 39.8 Å². The van der Waals surface area contributed by atoms with Crippen molar-refractivity contribution in [3.8, 4) is 5.75 Å². The standard InChI is InChI=1S/C18H22BrNO2/c1-4-7-20-13(2)17-11-15-10-16(19)6-5-14(15)12-18(17)22-9-8-21-3/h5-6,10-12H,4,7-9H2,1-3H3. The maximum atomic E-state index is 5.90. The van der Waals surface area contributed by atoms with E-state index >= 15 is 0 Å². The molecule has 0 aliphatic heterocycles. The summed E-state index contributed by atoms with van der Waals surface area (Å²) in [5, 5.41) is 2.33. The minimum atomic E-state index is 0.534. The second-order valence-electron chi connectivity index (χ2n) is 5.15. The molecule has 0 radical (unpaired) electrons. The molecule has 0 aliphatic carbocycles. The third-order valence-corrected chi connectivity index (χ3v) is 3.90. The number of rotatable bonds is 7. The lowest BCUT2D eigenvalue weighted by atomic mass is 10.0. The summed E-state index contributed by atoms with van der Waals surface area (Å²) in [6, 6.07) is 10.5. The van der Waals surface area contributed by atoms with Gasteiger partial charge in [-0.05, 0) is 48.4 Å². The summed E-state index contributed by atoms with van der Waals surface area (Å²) >= 11 is 3.53. The van der Waals surface area contributed by atoms with Gasteiger partial charge in [-0.25, -0.2) is 0 Å². The Morgan fingerprint density at radius 2 is 1.95 bits per heavy atom. The molecule has 0 heterocycles. The van der Waals surface area contributed by atoms with Crippen molar-refractivity contribution in [3.63, 3.8) is 0 Å². The summed E-state index contributed by atoms with van der Waals surface area (Å²) in [7, 11) is 1.68. The number of benzene rings is 2. The Kier molecular flexibility index (Phi) is 6.40. The first-order chi connectivity index (χ1) is 10.7. The maximum absolute atomic E-state index is 5.90. The van der Waals surface area contributed by atoms with Crippen molar-refractivity contribution in [2.45, 2.75) is 20.3 Å². The number of hydrogen-bond donors (Lipinski definition) is 0. The van der Waals surface area contributed by atoms with Gasteiger partial charge in [-0.2, -0.15) is 0 Å². The van der Waals surface area contributed by atoms with Crippen LogP contribution >= 0.6 is 15.9 Å². The van der Waals surface area contributed by atoms with Gasteiger partial charge in [-0.1, -0.05) is 28.9 Å². The Hall–Kier alpha value is -1.39. The van der Waals surface area contributed by atoms with Crippen molar-refractivity contribution in [1.82, 2.24) is 0 Å². The number of methoxy groups -OCH3 is 1. The van der Waals surface area contributed by atoms with E-state index in [1.54, 1.807) is 7.11 Å². The van der Waals surface area contributed by atoms with E-state index in [0.29, 0.717) is 13.2 Å². The van der Waals surface area contributed by atoms with Crippen molar-refractivity contribution in [2.75, 3.05) is 26.9 Å². The minimum Gasteiger partial charge on any atom is -0.490 e. The van der Waals surface area contributed by atoms with Gasteiger partial charge in [0.05, 0.1) is 6.61 Å². The van der Waals surface area contributed by atoms with Crippen molar-refractivity contribution >= 4 is 32.4 Å². The first kappa shape index (κ1) is 17.0. The molecule has 0 amide bonds. The summed E-state index contributed by atoms with van der Waals surface area (Å²) in [5.41, 5.74) is 2.06. The van der Waals surface area contributed by atoms with E-state index < -0.39 is 0 Å². The van der Waals surface area contributed by atoms with Gasteiger partial charge in [-0.15, -0.1) is 0 Å². The molecule has 0 unspecified atom stereocenters. The van der Waals surface area contributed by atoms with E-state index in [1.807, 2.05) is 13.0 Å². The second-order valence-corrected chi connectivity index (χ2v) is 6.06. The van der Waals surface area contributed by atoms with Crippen molar-refractivity contribution < 1.29 is 9.47 Å². The second kappa shape index (κ2) is 8.30. The van der Waals surface area contributed by atoms with Gasteiger partial charge in [-0.3, -0.25) is 4.99 Å². The van der Waals surface area contributed by atoms with Gasteiger partial charge in [0.15, 0.2) is 0 Å². The zero-order chi connectivity index (χ0) is 15.9. The highest BCUT2D eigenvalue weighted by Gasteiger charge is 2.10. The smallest absolute Gasteiger partial charge is 0.129 e. The van der Waals surface area contributed by atoms with E-state index in [4.69, 9.17) is 9.47 Å². The van der Waals surface area contributed by atoms with Gasteiger partial charge >= 0.3 is 0 Å². The predicted molar refractivity (Wildman–Crippen MR) is 96.4 cm³/mol. The van der Waals surface area contributed by atoms with Crippen LogP contribution in [0.5, 0.6) is 5.75 Å². The fraction of sp³-hybridized carbons (Fsp3) is 0.389. The van der Waals surface area contributed by atoms with Crippen LogP contribution in [0.3, 0.4) is 0 Å². The number of aliphatic imine (C=N–C) groups is 1. The van der Waals surface area contributed by atoms with Gasteiger partial charge in [0.2, 0.25) is 0 Å². The summed E-state index contributed by atoms with van der Waals surface area (Å²) in [6.45, 7) is 6.11. The molecule has 0 atom stereocenters. The largest absolute Gasteiger partial charge is 0.490 e. The van der Waals surface area contributed by atoms with Crippen LogP contribution in [0, 0.1) is 0 Å². The molecule has 0 aromatic heterocycles. The highest BCUT2D eigenvalue weighted by atomic mass is 79.9. The van der Waals surface area contributed by atoms with Crippen molar-refractivity contribution in [3.05, 3.63) is 40.4 Å². The van der Waals surface area contributed by atoms with E-state index in [-0.39, 0.29) is 0 Å². The highest BCUT2D eigenvalue weighted by Crippen LogP contribution is 2.29. The van der Waals surface area contributed by atoms with E-state index in [9.17, 15) is 0 Å². The molecule has 0 aliphatic rings. The molecule has 0 bridgehead atoms. The first-order valence-electron chi connectivity index (χ1n) is 7.52. The van der Waals surface area contributed by atoms with Crippen LogP contribution in [0.2, 0.25) is 0 Å². The van der Waals surface area contributed by atoms with Gasteiger partial charge in [0, 0.05) is 29.4 Å². The Balaban J connectivity index is 2.45. The van der Waals surface area contributed by atoms with Crippen LogP contribution in [-0.4, -0.2) is 32.6 Å². The normalized spacial score (nSPS) is 11.9. The lowest BCUT2D eigenvalue weighted by Gasteiger charge is -2.13. The Morgan fingerprint density at radius 1 is 1.14 bits per heavy atom. The molecular formula is C18H22BrNO2. The first-order valence-corrected chi connectivity index (χ1v) is 8.31. The average Bonchev–Trinajstić information content (AvgIpc) is 2.52. The summed E-state index contributed by atoms with van der Waals surface area (Å²) in [5.74, 6) is 0.865. The highest BCUT2D eigenvalue weighted by molar-refractivity contribution is 9.10. The Morgan fingerprint density at radius 3 is 2.68 bits per heavy atom. The van der Waals surface area contributed by atoms with Crippen LogP contribution in [0.4, 0.5) is 0 Å². The van der Waals surface area contributed by atoms with Crippen LogP contribution in [0.25, 0.3) is 10.8 Å². The number of ether oxygens (including phenoxy) is 2. The van der Waals surface area contributed by atoms with E-state index in [2.05, 4.69) is 52.1 Å². The predicted octanol–water partition coefficient (Wildman–Crippen LogP) is 4.85. The SMILES string of the molecule is CCCN=C(C)c1cc2cc(Br)ccc2cc1OCCOC. The van der Waals surface area contributed by atoms with Crippen molar-refractivity contribution in [1.29, 1.82) is 0 Å². The molecule has 0 fully saturated rings. The van der Waals surface area contributed by atoms with Gasteiger partial charge in [0.25, 0.3) is 0 Å². The Bertz CT molecular complexity index is 667. The number of halogens is 1. The quantitative estimate of drug-likeness (QED) is 0.520. The molecule has 0 N–H and O–H groups in total. The monoisotopic (exact) mass is 363 g/mol. The van der Waals surface area contributed by atoms with E-state index in [1.165, 1.54) is 5.39 Å². The average molecular weight is 364 g/mol. The summed E-state index contributed by atoms with van der Waals surface area (Å²) < 4.78 is 12.0. The molecule has 22 heavy (non-hydrogen) atoms. The van der Waals surface area contributed by atoms with Gasteiger partial charge in [0.1, 0.15) is 12.4 Å². The number of nitrogens with zero attached hydrogens (tertiary/aromatic N) is 1. The van der Waals surface area contributed by atoms with Gasteiger partial charge < -0.3 is 9.47 Å². The molecule has 118 valence electrons. The lowest BCUT2D eigenvalue weighted by molar-refractivity contribution is 0.146. The van der Waals surface area contributed by atoms with E-state index in [0.717, 1.165) is 39.8 Å². The minimum absolute atomic E-state index is 0.534. The third kappa shape index (κ3) is 4.31. The fourth-order valence-corrected chi connectivity index (χ4v) is 2.63. The Labute approximate surface area is 140 Å². The van der Waals surface area contributed by atoms with Crippen molar-refractivity contribution in [2.24, 2.45) is 4.99 Å². The number of fused-ring (bicyclic) bond motifs is 1. The molecule has 3 nitrogen and oxygen atoms in total. The molecular weight excluding hydrogens is 342 g/mol. The number of hydrogen-bond acceptors (Lipinski definition) is 3. The molecule has 0 spiro atoms. The molecule has 4 heteroatoms. The molecule has 2 rings (SSSR count). The molecule has 0 saturated carbocycles. The molecule has 2 aromatic carbocycles. The summed E-state index contributed by atoms with van der Waals surface area (Å²) in [4.78, 5) is 4.62. The van der Waals surface area contributed by atoms with Crippen LogP contribution in [-0.2, 0) is 4.74 Å². The zero-order valence-electron chi connectivity index (χ0n) is 13.4.